The Balaban J connectivity index is 2.07. The Morgan fingerprint density at radius 1 is 1.24 bits per heavy atom. The topological polar surface area (TPSA) is 67.2 Å². The minimum Gasteiger partial charge on any atom is -0.359 e. The highest BCUT2D eigenvalue weighted by Gasteiger charge is 2.15. The zero-order valence-corrected chi connectivity index (χ0v) is 13.1. The average Bonchev–Trinajstić information content (AvgIpc) is 2.73. The Bertz CT molecular complexity index is 642. The quantitative estimate of drug-likeness (QED) is 0.902. The highest BCUT2D eigenvalue weighted by molar-refractivity contribution is 5.90. The van der Waals surface area contributed by atoms with Crippen LogP contribution in [0.1, 0.15) is 41.1 Å². The van der Waals surface area contributed by atoms with E-state index in [9.17, 15) is 4.79 Å². The molecule has 2 amide bonds. The van der Waals surface area contributed by atoms with Crippen molar-refractivity contribution >= 4 is 11.7 Å². The molecule has 1 unspecified atom stereocenters. The number of urea groups is 1. The Morgan fingerprint density at radius 3 is 2.57 bits per heavy atom. The summed E-state index contributed by atoms with van der Waals surface area (Å²) < 4.78 is 5.03. The highest BCUT2D eigenvalue weighted by atomic mass is 16.5. The average molecular weight is 287 g/mol. The molecule has 2 rings (SSSR count). The predicted octanol–water partition coefficient (Wildman–Crippen LogP) is 3.79. The van der Waals surface area contributed by atoms with E-state index in [0.717, 1.165) is 11.1 Å². The Kier molecular flexibility index (Phi) is 4.31. The van der Waals surface area contributed by atoms with E-state index < -0.39 is 0 Å². The van der Waals surface area contributed by atoms with Crippen LogP contribution in [-0.4, -0.2) is 11.2 Å². The summed E-state index contributed by atoms with van der Waals surface area (Å²) in [6.45, 7) is 9.61. The van der Waals surface area contributed by atoms with Gasteiger partial charge in [-0.05, 0) is 45.7 Å². The molecule has 1 heterocycles. The van der Waals surface area contributed by atoms with Gasteiger partial charge in [0.1, 0.15) is 11.4 Å². The summed E-state index contributed by atoms with van der Waals surface area (Å²) in [4.78, 5) is 12.1. The van der Waals surface area contributed by atoms with E-state index in [4.69, 9.17) is 4.52 Å². The first-order valence-electron chi connectivity index (χ1n) is 6.96. The lowest BCUT2D eigenvalue weighted by Gasteiger charge is -2.17. The minimum absolute atomic E-state index is 0.0784. The number of aryl methyl sites for hydroxylation is 4. The molecule has 1 aromatic carbocycles. The van der Waals surface area contributed by atoms with E-state index in [1.54, 1.807) is 13.8 Å². The second-order valence-corrected chi connectivity index (χ2v) is 5.38. The van der Waals surface area contributed by atoms with Crippen molar-refractivity contribution in [3.63, 3.8) is 0 Å². The number of aromatic nitrogens is 1. The molecule has 0 bridgehead atoms. The smallest absolute Gasteiger partial charge is 0.319 e. The number of hydrogen-bond acceptors (Lipinski definition) is 3. The predicted molar refractivity (Wildman–Crippen MR) is 82.5 cm³/mol. The van der Waals surface area contributed by atoms with Crippen molar-refractivity contribution in [2.24, 2.45) is 0 Å². The molecule has 0 fully saturated rings. The van der Waals surface area contributed by atoms with Crippen LogP contribution < -0.4 is 10.6 Å². The van der Waals surface area contributed by atoms with Crippen molar-refractivity contribution in [1.29, 1.82) is 0 Å². The van der Waals surface area contributed by atoms with E-state index in [1.807, 2.05) is 20.8 Å². The number of carbonyl (C=O) groups is 1. The van der Waals surface area contributed by atoms with Crippen LogP contribution in [0.15, 0.2) is 22.7 Å². The molecule has 0 saturated heterocycles. The van der Waals surface area contributed by atoms with Gasteiger partial charge >= 0.3 is 6.03 Å². The Hall–Kier alpha value is -2.30. The molecule has 1 atom stereocenters. The Labute approximate surface area is 124 Å². The van der Waals surface area contributed by atoms with E-state index >= 15 is 0 Å². The molecule has 1 aromatic heterocycles. The second kappa shape index (κ2) is 5.99. The van der Waals surface area contributed by atoms with Gasteiger partial charge in [0.15, 0.2) is 5.76 Å². The van der Waals surface area contributed by atoms with Crippen LogP contribution in [0.25, 0.3) is 0 Å². The normalized spacial score (nSPS) is 12.0. The van der Waals surface area contributed by atoms with Crippen LogP contribution in [0.4, 0.5) is 10.5 Å². The van der Waals surface area contributed by atoms with Crippen molar-refractivity contribution < 1.29 is 9.32 Å². The summed E-state index contributed by atoms with van der Waals surface area (Å²) in [5, 5.41) is 9.54. The summed E-state index contributed by atoms with van der Waals surface area (Å²) in [7, 11) is 0. The van der Waals surface area contributed by atoms with Gasteiger partial charge in [0, 0.05) is 0 Å². The standard InChI is InChI=1S/C16H21N3O2/c1-9-6-7-10(2)14(8-9)11(3)17-16(20)18-15-12(4)19-21-13(15)5/h6-8,11H,1-5H3,(H2,17,18,20). The lowest BCUT2D eigenvalue weighted by Crippen LogP contribution is -2.31. The fourth-order valence-electron chi connectivity index (χ4n) is 2.31. The van der Waals surface area contributed by atoms with Gasteiger partial charge in [-0.15, -0.1) is 0 Å². The molecule has 0 aliphatic carbocycles. The number of nitrogens with zero attached hydrogens (tertiary/aromatic N) is 1. The van der Waals surface area contributed by atoms with Crippen LogP contribution in [0.5, 0.6) is 0 Å². The highest BCUT2D eigenvalue weighted by Crippen LogP contribution is 2.21. The zero-order chi connectivity index (χ0) is 15.6. The Morgan fingerprint density at radius 2 is 1.95 bits per heavy atom. The molecule has 0 aliphatic rings. The fraction of sp³-hybridized carbons (Fsp3) is 0.375. The summed E-state index contributed by atoms with van der Waals surface area (Å²) in [6, 6.07) is 5.88. The SMILES string of the molecule is Cc1ccc(C)c(C(C)NC(=O)Nc2c(C)noc2C)c1. The first kappa shape index (κ1) is 15.1. The first-order valence-corrected chi connectivity index (χ1v) is 6.96. The monoisotopic (exact) mass is 287 g/mol. The second-order valence-electron chi connectivity index (χ2n) is 5.38. The fourth-order valence-corrected chi connectivity index (χ4v) is 2.31. The van der Waals surface area contributed by atoms with Crippen molar-refractivity contribution in [1.82, 2.24) is 10.5 Å². The molecular weight excluding hydrogens is 266 g/mol. The largest absolute Gasteiger partial charge is 0.359 e. The summed E-state index contributed by atoms with van der Waals surface area (Å²) in [6.07, 6.45) is 0. The van der Waals surface area contributed by atoms with Gasteiger partial charge in [0.2, 0.25) is 0 Å². The third kappa shape index (κ3) is 3.42. The molecule has 21 heavy (non-hydrogen) atoms. The zero-order valence-electron chi connectivity index (χ0n) is 13.1. The van der Waals surface area contributed by atoms with Crippen LogP contribution in [0.3, 0.4) is 0 Å². The van der Waals surface area contributed by atoms with Gasteiger partial charge in [-0.1, -0.05) is 28.9 Å². The van der Waals surface area contributed by atoms with E-state index in [1.165, 1.54) is 5.56 Å². The molecule has 112 valence electrons. The lowest BCUT2D eigenvalue weighted by atomic mass is 10.0. The summed E-state index contributed by atoms with van der Waals surface area (Å²) >= 11 is 0. The molecule has 5 nitrogen and oxygen atoms in total. The van der Waals surface area contributed by atoms with Gasteiger partial charge in [0.25, 0.3) is 0 Å². The maximum absolute atomic E-state index is 12.1. The minimum atomic E-state index is -0.266. The molecule has 5 heteroatoms. The van der Waals surface area contributed by atoms with Crippen LogP contribution in [-0.2, 0) is 0 Å². The number of hydrogen-bond donors (Lipinski definition) is 2. The van der Waals surface area contributed by atoms with Gasteiger partial charge in [-0.2, -0.15) is 0 Å². The molecule has 0 radical (unpaired) electrons. The number of rotatable bonds is 3. The number of amides is 2. The molecule has 2 N–H and O–H groups in total. The van der Waals surface area contributed by atoms with E-state index in [0.29, 0.717) is 17.1 Å². The van der Waals surface area contributed by atoms with Crippen molar-refractivity contribution in [2.45, 2.75) is 40.7 Å². The number of benzene rings is 1. The molecular formula is C16H21N3O2. The maximum atomic E-state index is 12.1. The number of nitrogens with one attached hydrogen (secondary N) is 2. The molecule has 0 aliphatic heterocycles. The third-order valence-electron chi connectivity index (χ3n) is 3.52. The number of anilines is 1. The van der Waals surface area contributed by atoms with Crippen LogP contribution in [0, 0.1) is 27.7 Å². The summed E-state index contributed by atoms with van der Waals surface area (Å²) in [5.74, 6) is 0.599. The van der Waals surface area contributed by atoms with Gasteiger partial charge in [-0.25, -0.2) is 4.79 Å². The van der Waals surface area contributed by atoms with E-state index in [2.05, 4.69) is 34.0 Å². The van der Waals surface area contributed by atoms with Crippen LogP contribution in [0.2, 0.25) is 0 Å². The molecule has 0 spiro atoms. The third-order valence-corrected chi connectivity index (χ3v) is 3.52. The summed E-state index contributed by atoms with van der Waals surface area (Å²) in [5.41, 5.74) is 4.74. The van der Waals surface area contributed by atoms with Gasteiger partial charge < -0.3 is 15.2 Å². The maximum Gasteiger partial charge on any atom is 0.319 e. The van der Waals surface area contributed by atoms with Crippen molar-refractivity contribution in [3.8, 4) is 0 Å². The van der Waals surface area contributed by atoms with Gasteiger partial charge in [0.05, 0.1) is 6.04 Å². The lowest BCUT2D eigenvalue weighted by molar-refractivity contribution is 0.249. The molecule has 0 saturated carbocycles. The van der Waals surface area contributed by atoms with Gasteiger partial charge in [-0.3, -0.25) is 0 Å². The number of carbonyl (C=O) groups excluding carboxylic acids is 1. The van der Waals surface area contributed by atoms with Crippen molar-refractivity contribution in [2.75, 3.05) is 5.32 Å². The first-order chi connectivity index (χ1) is 9.88. The van der Waals surface area contributed by atoms with E-state index in [-0.39, 0.29) is 12.1 Å². The van der Waals surface area contributed by atoms with Crippen molar-refractivity contribution in [3.05, 3.63) is 46.3 Å². The van der Waals surface area contributed by atoms with Crippen LogP contribution >= 0.6 is 0 Å². The molecule has 2 aromatic rings.